The number of hydrogen-bond donors (Lipinski definition) is 3. The molecule has 0 bridgehead atoms. The fourth-order valence-electron chi connectivity index (χ4n) is 2.27. The molecule has 1 saturated carbocycles. The number of rotatable bonds is 5. The van der Waals surface area contributed by atoms with Gasteiger partial charge in [-0.05, 0) is 56.8 Å². The normalized spacial score (nSPS) is 19.6. The van der Waals surface area contributed by atoms with Crippen molar-refractivity contribution in [1.29, 1.82) is 0 Å². The van der Waals surface area contributed by atoms with Crippen molar-refractivity contribution in [3.63, 3.8) is 0 Å². The number of aromatic hydroxyl groups is 1. The zero-order valence-corrected chi connectivity index (χ0v) is 10.3. The molecule has 0 aromatic heterocycles. The zero-order chi connectivity index (χ0) is 12.3. The van der Waals surface area contributed by atoms with E-state index in [4.69, 9.17) is 0 Å². The highest BCUT2D eigenvalue weighted by molar-refractivity contribution is 5.28. The Morgan fingerprint density at radius 1 is 1.41 bits per heavy atom. The largest absolute Gasteiger partial charge is 0.508 e. The molecule has 3 nitrogen and oxygen atoms in total. The van der Waals surface area contributed by atoms with Crippen LogP contribution in [0.2, 0.25) is 0 Å². The van der Waals surface area contributed by atoms with E-state index in [1.807, 2.05) is 12.1 Å². The fourth-order valence-corrected chi connectivity index (χ4v) is 2.27. The van der Waals surface area contributed by atoms with Crippen LogP contribution in [0, 0.1) is 0 Å². The number of phenolic OH excluding ortho intramolecular Hbond substituents is 1. The van der Waals surface area contributed by atoms with Gasteiger partial charge in [-0.1, -0.05) is 12.1 Å². The number of hydrogen-bond acceptors (Lipinski definition) is 3. The second-order valence-corrected chi connectivity index (χ2v) is 5.10. The van der Waals surface area contributed by atoms with Gasteiger partial charge < -0.3 is 15.5 Å². The first-order valence-corrected chi connectivity index (χ1v) is 6.34. The minimum absolute atomic E-state index is 0.200. The van der Waals surface area contributed by atoms with Crippen LogP contribution in [0.3, 0.4) is 0 Å². The van der Waals surface area contributed by atoms with Crippen molar-refractivity contribution in [3.8, 4) is 5.75 Å². The summed E-state index contributed by atoms with van der Waals surface area (Å²) in [6, 6.07) is 7.49. The second-order valence-electron chi connectivity index (χ2n) is 5.10. The highest BCUT2D eigenvalue weighted by atomic mass is 16.3. The Hall–Kier alpha value is -1.06. The third-order valence-electron chi connectivity index (χ3n) is 3.70. The summed E-state index contributed by atoms with van der Waals surface area (Å²) in [5.74, 6) is 0.300. The molecule has 3 N–H and O–H groups in total. The molecule has 1 aliphatic rings. The van der Waals surface area contributed by atoms with Crippen molar-refractivity contribution in [2.75, 3.05) is 6.54 Å². The standard InChI is InChI=1S/C14H21NO2/c1-11(12-4-2-5-13(16)10-12)15-9-8-14(17)6-3-7-14/h2,4-5,10-11,15-17H,3,6-9H2,1H3/t11-/m0/s1. The molecule has 0 saturated heterocycles. The Morgan fingerprint density at radius 2 is 2.18 bits per heavy atom. The third-order valence-corrected chi connectivity index (χ3v) is 3.70. The molecular weight excluding hydrogens is 214 g/mol. The molecule has 2 rings (SSSR count). The highest BCUT2D eigenvalue weighted by Gasteiger charge is 2.33. The molecule has 0 heterocycles. The molecule has 1 aliphatic carbocycles. The van der Waals surface area contributed by atoms with E-state index in [0.717, 1.165) is 37.8 Å². The quantitative estimate of drug-likeness (QED) is 0.734. The Labute approximate surface area is 102 Å². The Kier molecular flexibility index (Phi) is 3.69. The van der Waals surface area contributed by atoms with E-state index in [2.05, 4.69) is 12.2 Å². The molecule has 94 valence electrons. The van der Waals surface area contributed by atoms with Gasteiger partial charge in [0, 0.05) is 6.04 Å². The number of aliphatic hydroxyl groups is 1. The zero-order valence-electron chi connectivity index (χ0n) is 10.3. The van der Waals surface area contributed by atoms with Gasteiger partial charge in [-0.25, -0.2) is 0 Å². The van der Waals surface area contributed by atoms with Crippen LogP contribution in [0.4, 0.5) is 0 Å². The van der Waals surface area contributed by atoms with Crippen LogP contribution in [-0.4, -0.2) is 22.4 Å². The number of phenols is 1. The van der Waals surface area contributed by atoms with E-state index >= 15 is 0 Å². The first-order valence-electron chi connectivity index (χ1n) is 6.34. The topological polar surface area (TPSA) is 52.5 Å². The lowest BCUT2D eigenvalue weighted by molar-refractivity contribution is -0.0398. The van der Waals surface area contributed by atoms with E-state index in [0.29, 0.717) is 5.75 Å². The van der Waals surface area contributed by atoms with E-state index in [-0.39, 0.29) is 6.04 Å². The van der Waals surface area contributed by atoms with Crippen LogP contribution in [-0.2, 0) is 0 Å². The van der Waals surface area contributed by atoms with E-state index in [1.54, 1.807) is 12.1 Å². The summed E-state index contributed by atoms with van der Waals surface area (Å²) < 4.78 is 0. The molecule has 1 aromatic carbocycles. The van der Waals surface area contributed by atoms with Crippen molar-refractivity contribution >= 4 is 0 Å². The van der Waals surface area contributed by atoms with Crippen LogP contribution >= 0.6 is 0 Å². The van der Waals surface area contributed by atoms with Gasteiger partial charge >= 0.3 is 0 Å². The van der Waals surface area contributed by atoms with Crippen molar-refractivity contribution in [2.24, 2.45) is 0 Å². The Balaban J connectivity index is 1.79. The molecule has 0 unspecified atom stereocenters. The lowest BCUT2D eigenvalue weighted by atomic mass is 9.78. The molecule has 1 atom stereocenters. The van der Waals surface area contributed by atoms with Gasteiger partial charge in [0.1, 0.15) is 5.75 Å². The first-order chi connectivity index (χ1) is 8.09. The molecule has 0 aliphatic heterocycles. The van der Waals surface area contributed by atoms with E-state index in [1.165, 1.54) is 0 Å². The maximum atomic E-state index is 9.96. The van der Waals surface area contributed by atoms with Crippen molar-refractivity contribution in [1.82, 2.24) is 5.32 Å². The summed E-state index contributed by atoms with van der Waals surface area (Å²) in [6.07, 6.45) is 3.85. The molecular formula is C14H21NO2. The van der Waals surface area contributed by atoms with Crippen molar-refractivity contribution < 1.29 is 10.2 Å². The molecule has 3 heteroatoms. The van der Waals surface area contributed by atoms with Gasteiger partial charge in [0.15, 0.2) is 0 Å². The molecule has 0 spiro atoms. The Morgan fingerprint density at radius 3 is 2.76 bits per heavy atom. The monoisotopic (exact) mass is 235 g/mol. The number of benzene rings is 1. The molecule has 0 radical (unpaired) electrons. The smallest absolute Gasteiger partial charge is 0.115 e. The van der Waals surface area contributed by atoms with Gasteiger partial charge in [-0.15, -0.1) is 0 Å². The van der Waals surface area contributed by atoms with Crippen LogP contribution in [0.15, 0.2) is 24.3 Å². The maximum Gasteiger partial charge on any atom is 0.115 e. The third kappa shape index (κ3) is 3.20. The average Bonchev–Trinajstić information content (AvgIpc) is 2.26. The minimum Gasteiger partial charge on any atom is -0.508 e. The van der Waals surface area contributed by atoms with Gasteiger partial charge in [-0.2, -0.15) is 0 Å². The first kappa shape index (κ1) is 12.4. The van der Waals surface area contributed by atoms with Gasteiger partial charge in [0.05, 0.1) is 5.60 Å². The molecule has 1 aromatic rings. The van der Waals surface area contributed by atoms with Crippen LogP contribution in [0.1, 0.15) is 44.2 Å². The SMILES string of the molecule is C[C@H](NCCC1(O)CCC1)c1cccc(O)c1. The predicted molar refractivity (Wildman–Crippen MR) is 67.9 cm³/mol. The van der Waals surface area contributed by atoms with Gasteiger partial charge in [-0.3, -0.25) is 0 Å². The molecule has 17 heavy (non-hydrogen) atoms. The summed E-state index contributed by atoms with van der Waals surface area (Å²) in [5.41, 5.74) is 0.663. The fraction of sp³-hybridized carbons (Fsp3) is 0.571. The minimum atomic E-state index is -0.411. The summed E-state index contributed by atoms with van der Waals surface area (Å²) in [5, 5.41) is 22.7. The molecule has 0 amide bonds. The van der Waals surface area contributed by atoms with E-state index < -0.39 is 5.60 Å². The maximum absolute atomic E-state index is 9.96. The number of nitrogens with one attached hydrogen (secondary N) is 1. The molecule has 1 fully saturated rings. The summed E-state index contributed by atoms with van der Waals surface area (Å²) in [6.45, 7) is 2.88. The van der Waals surface area contributed by atoms with E-state index in [9.17, 15) is 10.2 Å². The van der Waals surface area contributed by atoms with Crippen molar-refractivity contribution in [2.45, 2.75) is 44.2 Å². The summed E-state index contributed by atoms with van der Waals surface area (Å²) >= 11 is 0. The summed E-state index contributed by atoms with van der Waals surface area (Å²) in [4.78, 5) is 0. The Bertz CT molecular complexity index is 374. The van der Waals surface area contributed by atoms with Gasteiger partial charge in [0.2, 0.25) is 0 Å². The lowest BCUT2D eigenvalue weighted by Crippen LogP contribution is -2.39. The van der Waals surface area contributed by atoms with Crippen molar-refractivity contribution in [3.05, 3.63) is 29.8 Å². The highest BCUT2D eigenvalue weighted by Crippen LogP contribution is 2.34. The van der Waals surface area contributed by atoms with Crippen LogP contribution < -0.4 is 5.32 Å². The predicted octanol–water partition coefficient (Wildman–Crippen LogP) is 2.35. The van der Waals surface area contributed by atoms with Gasteiger partial charge in [0.25, 0.3) is 0 Å². The van der Waals surface area contributed by atoms with Crippen LogP contribution in [0.25, 0.3) is 0 Å². The van der Waals surface area contributed by atoms with Crippen LogP contribution in [0.5, 0.6) is 5.75 Å². The average molecular weight is 235 g/mol. The lowest BCUT2D eigenvalue weighted by Gasteiger charge is -2.37. The summed E-state index contributed by atoms with van der Waals surface area (Å²) in [7, 11) is 0. The second kappa shape index (κ2) is 5.07.